The molecule has 5 heteroatoms. The third-order valence-electron chi connectivity index (χ3n) is 6.95. The number of ether oxygens (including phenoxy) is 1. The topological polar surface area (TPSA) is 55.8 Å². The largest absolute Gasteiger partial charge is 0.462 e. The van der Waals surface area contributed by atoms with Crippen molar-refractivity contribution in [1.29, 1.82) is 0 Å². The van der Waals surface area contributed by atoms with Crippen molar-refractivity contribution in [2.45, 2.75) is 168 Å². The maximum Gasteiger partial charge on any atom is 0.306 e. The van der Waals surface area contributed by atoms with Crippen molar-refractivity contribution in [3.8, 4) is 0 Å². The maximum absolute atomic E-state index is 12.5. The summed E-state index contributed by atoms with van der Waals surface area (Å²) >= 11 is 0. The molecule has 1 amide bonds. The van der Waals surface area contributed by atoms with Crippen LogP contribution in [0, 0.1) is 0 Å². The summed E-state index contributed by atoms with van der Waals surface area (Å²) in [6.07, 6.45) is 26.3. The Kier molecular flexibility index (Phi) is 25.2. The van der Waals surface area contributed by atoms with E-state index in [0.29, 0.717) is 12.8 Å². The van der Waals surface area contributed by atoms with Crippen molar-refractivity contribution in [2.24, 2.45) is 0 Å². The first-order valence-corrected chi connectivity index (χ1v) is 15.0. The summed E-state index contributed by atoms with van der Waals surface area (Å²) in [5.41, 5.74) is 0. The van der Waals surface area contributed by atoms with E-state index in [9.17, 15) is 9.59 Å². The van der Waals surface area contributed by atoms with Crippen molar-refractivity contribution in [3.63, 3.8) is 0 Å². The quantitative estimate of drug-likeness (QED) is 0.0680. The van der Waals surface area contributed by atoms with Crippen LogP contribution in [0.25, 0.3) is 0 Å². The molecule has 0 radical (unpaired) electrons. The Morgan fingerprint density at radius 3 is 1.46 bits per heavy atom. The molecule has 0 saturated heterocycles. The Hall–Kier alpha value is -1.10. The molecule has 0 unspecified atom stereocenters. The van der Waals surface area contributed by atoms with Crippen molar-refractivity contribution in [3.05, 3.63) is 0 Å². The molecule has 0 aliphatic heterocycles. The van der Waals surface area contributed by atoms with Crippen LogP contribution in [-0.4, -0.2) is 37.2 Å². The summed E-state index contributed by atoms with van der Waals surface area (Å²) in [6, 6.07) is 0. The van der Waals surface area contributed by atoms with Gasteiger partial charge in [-0.25, -0.2) is 5.06 Å². The lowest BCUT2D eigenvalue weighted by Crippen LogP contribution is -2.24. The van der Waals surface area contributed by atoms with Gasteiger partial charge in [0.05, 0.1) is 7.11 Å². The van der Waals surface area contributed by atoms with Crippen molar-refractivity contribution in [2.75, 3.05) is 14.2 Å². The normalized spacial score (nSPS) is 11.2. The third-order valence-corrected chi connectivity index (χ3v) is 6.95. The van der Waals surface area contributed by atoms with Gasteiger partial charge >= 0.3 is 5.97 Å². The Balaban J connectivity index is 4.15. The number of carbonyl (C=O) groups is 2. The zero-order chi connectivity index (χ0) is 26.0. The van der Waals surface area contributed by atoms with E-state index in [4.69, 9.17) is 9.57 Å². The predicted octanol–water partition coefficient (Wildman–Crippen LogP) is 8.93. The SMILES string of the molecule is CCCCCCCCCCC(CCCCCCCCCC)OC(=O)CCCCCC(=O)N(C)OC. The van der Waals surface area contributed by atoms with E-state index in [2.05, 4.69) is 13.8 Å². The molecule has 0 aliphatic rings. The fraction of sp³-hybridized carbons (Fsp3) is 0.933. The highest BCUT2D eigenvalue weighted by atomic mass is 16.7. The smallest absolute Gasteiger partial charge is 0.306 e. The molecule has 0 atom stereocenters. The minimum absolute atomic E-state index is 0.0223. The lowest BCUT2D eigenvalue weighted by Gasteiger charge is -2.18. The molecular weight excluding hydrogens is 438 g/mol. The van der Waals surface area contributed by atoms with E-state index < -0.39 is 0 Å². The number of rotatable bonds is 26. The minimum atomic E-state index is -0.0607. The summed E-state index contributed by atoms with van der Waals surface area (Å²) in [4.78, 5) is 29.1. The van der Waals surface area contributed by atoms with Crippen LogP contribution in [0.4, 0.5) is 0 Å². The second-order valence-corrected chi connectivity index (χ2v) is 10.3. The molecule has 0 heterocycles. The monoisotopic (exact) mass is 497 g/mol. The second kappa shape index (κ2) is 26.0. The van der Waals surface area contributed by atoms with Gasteiger partial charge in [-0.1, -0.05) is 110 Å². The fourth-order valence-electron chi connectivity index (χ4n) is 4.50. The standard InChI is InChI=1S/C30H59NO4/c1-5-7-9-11-13-15-17-20-24-28(25-21-18-16-14-12-10-8-6-2)35-30(33)27-23-19-22-26-29(32)31(3)34-4/h28H,5-27H2,1-4H3. The molecule has 0 aromatic carbocycles. The molecule has 0 bridgehead atoms. The van der Waals surface area contributed by atoms with Gasteiger partial charge in [-0.3, -0.25) is 14.4 Å². The molecule has 0 saturated carbocycles. The van der Waals surface area contributed by atoms with Crippen LogP contribution in [0.15, 0.2) is 0 Å². The Bertz CT molecular complexity index is 463. The molecule has 0 rings (SSSR count). The number of hydrogen-bond donors (Lipinski definition) is 0. The summed E-state index contributed by atoms with van der Waals surface area (Å²) < 4.78 is 5.92. The van der Waals surface area contributed by atoms with Crippen LogP contribution < -0.4 is 0 Å². The van der Waals surface area contributed by atoms with E-state index >= 15 is 0 Å². The Morgan fingerprint density at radius 2 is 1.00 bits per heavy atom. The van der Waals surface area contributed by atoms with Crippen molar-refractivity contribution in [1.82, 2.24) is 5.06 Å². The lowest BCUT2D eigenvalue weighted by atomic mass is 10.0. The van der Waals surface area contributed by atoms with Gasteiger partial charge < -0.3 is 4.74 Å². The van der Waals surface area contributed by atoms with Crippen LogP contribution in [0.3, 0.4) is 0 Å². The second-order valence-electron chi connectivity index (χ2n) is 10.3. The summed E-state index contributed by atoms with van der Waals surface area (Å²) in [6.45, 7) is 4.52. The Morgan fingerprint density at radius 1 is 0.600 bits per heavy atom. The van der Waals surface area contributed by atoms with Crippen molar-refractivity contribution >= 4 is 11.9 Å². The highest BCUT2D eigenvalue weighted by Crippen LogP contribution is 2.18. The average Bonchev–Trinajstić information content (AvgIpc) is 2.86. The van der Waals surface area contributed by atoms with E-state index in [1.807, 2.05) is 0 Å². The molecule has 0 fully saturated rings. The van der Waals surface area contributed by atoms with Gasteiger partial charge in [-0.2, -0.15) is 0 Å². The number of unbranched alkanes of at least 4 members (excludes halogenated alkanes) is 16. The number of carbonyl (C=O) groups excluding carboxylic acids is 2. The van der Waals surface area contributed by atoms with E-state index in [1.165, 1.54) is 102 Å². The molecule has 0 N–H and O–H groups in total. The molecular formula is C30H59NO4. The first kappa shape index (κ1) is 33.9. The maximum atomic E-state index is 12.5. The van der Waals surface area contributed by atoms with E-state index in [0.717, 1.165) is 44.9 Å². The van der Waals surface area contributed by atoms with Crippen LogP contribution >= 0.6 is 0 Å². The zero-order valence-corrected chi connectivity index (χ0v) is 23.9. The third kappa shape index (κ3) is 23.1. The average molecular weight is 498 g/mol. The van der Waals surface area contributed by atoms with Gasteiger partial charge in [0.2, 0.25) is 5.91 Å². The summed E-state index contributed by atoms with van der Waals surface area (Å²) in [7, 11) is 3.12. The van der Waals surface area contributed by atoms with E-state index in [1.54, 1.807) is 7.05 Å². The number of hydrogen-bond acceptors (Lipinski definition) is 4. The van der Waals surface area contributed by atoms with E-state index in [-0.39, 0.29) is 18.0 Å². The highest BCUT2D eigenvalue weighted by molar-refractivity contribution is 5.74. The first-order valence-electron chi connectivity index (χ1n) is 15.0. The number of hydroxylamine groups is 2. The van der Waals surface area contributed by atoms with Gasteiger partial charge in [0.15, 0.2) is 0 Å². The molecule has 0 aliphatic carbocycles. The molecule has 5 nitrogen and oxygen atoms in total. The van der Waals surface area contributed by atoms with Crippen LogP contribution in [0.2, 0.25) is 0 Å². The predicted molar refractivity (Wildman–Crippen MR) is 147 cm³/mol. The molecule has 0 aromatic heterocycles. The molecule has 208 valence electrons. The van der Waals surface area contributed by atoms with Gasteiger partial charge in [0.25, 0.3) is 0 Å². The zero-order valence-electron chi connectivity index (χ0n) is 23.9. The minimum Gasteiger partial charge on any atom is -0.462 e. The Labute approximate surface area is 218 Å². The van der Waals surface area contributed by atoms with Crippen LogP contribution in [0.1, 0.15) is 162 Å². The fourth-order valence-corrected chi connectivity index (χ4v) is 4.50. The van der Waals surface area contributed by atoms with Gasteiger partial charge in [-0.05, 0) is 38.5 Å². The van der Waals surface area contributed by atoms with Crippen LogP contribution in [0.5, 0.6) is 0 Å². The summed E-state index contributed by atoms with van der Waals surface area (Å²) in [5.74, 6) is -0.0830. The van der Waals surface area contributed by atoms with Gasteiger partial charge in [0.1, 0.15) is 6.10 Å². The van der Waals surface area contributed by atoms with Gasteiger partial charge in [0, 0.05) is 19.9 Å². The summed E-state index contributed by atoms with van der Waals surface area (Å²) in [5, 5.41) is 1.26. The van der Waals surface area contributed by atoms with Crippen molar-refractivity contribution < 1.29 is 19.2 Å². The molecule has 0 aromatic rings. The number of esters is 1. The number of amides is 1. The molecule has 0 spiro atoms. The van der Waals surface area contributed by atoms with Gasteiger partial charge in [-0.15, -0.1) is 0 Å². The first-order chi connectivity index (χ1) is 17.0. The highest BCUT2D eigenvalue weighted by Gasteiger charge is 2.14. The number of nitrogens with zero attached hydrogens (tertiary/aromatic N) is 1. The molecule has 35 heavy (non-hydrogen) atoms. The lowest BCUT2D eigenvalue weighted by molar-refractivity contribution is -0.168. The van der Waals surface area contributed by atoms with Crippen LogP contribution in [-0.2, 0) is 19.2 Å².